The van der Waals surface area contributed by atoms with Crippen molar-refractivity contribution in [1.29, 1.82) is 0 Å². The second-order valence-electron chi connectivity index (χ2n) is 12.3. The maximum Gasteiger partial charge on any atom is 0.250 e. The van der Waals surface area contributed by atoms with Gasteiger partial charge in [-0.2, -0.15) is 0 Å². The van der Waals surface area contributed by atoms with Crippen LogP contribution < -0.4 is 25.2 Å². The molecule has 2 saturated heterocycles. The van der Waals surface area contributed by atoms with Crippen LogP contribution in [0.1, 0.15) is 35.0 Å². The normalized spacial score (nSPS) is 20.7. The molecule has 5 heterocycles. The van der Waals surface area contributed by atoms with Gasteiger partial charge in [0.25, 0.3) is 5.56 Å². The number of fused-ring (bicyclic) bond motifs is 4. The third-order valence-electron chi connectivity index (χ3n) is 9.60. The van der Waals surface area contributed by atoms with Crippen LogP contribution in [0, 0.1) is 5.92 Å². The lowest BCUT2D eigenvalue weighted by atomic mass is 9.83. The molecule has 3 aliphatic rings. The molecule has 0 aliphatic carbocycles. The molecular weight excluding hydrogens is 562 g/mol. The van der Waals surface area contributed by atoms with Crippen LogP contribution in [0.3, 0.4) is 0 Å². The van der Waals surface area contributed by atoms with Gasteiger partial charge in [-0.1, -0.05) is 12.1 Å². The first-order valence-corrected chi connectivity index (χ1v) is 15.3. The van der Waals surface area contributed by atoms with Crippen LogP contribution in [0.2, 0.25) is 0 Å². The fraction of sp³-hybridized carbons (Fsp3) is 0.515. The Morgan fingerprint density at radius 2 is 1.55 bits per heavy atom. The van der Waals surface area contributed by atoms with E-state index in [1.165, 1.54) is 0 Å². The number of hydrogen-bond donors (Lipinski definition) is 1. The Morgan fingerprint density at radius 3 is 2.25 bits per heavy atom. The summed E-state index contributed by atoms with van der Waals surface area (Å²) in [6.45, 7) is 7.61. The summed E-state index contributed by atoms with van der Waals surface area (Å²) in [6, 6.07) is 11.1. The van der Waals surface area contributed by atoms with E-state index in [2.05, 4.69) is 20.8 Å². The number of nitrogens with zero attached hydrogens (tertiary/aromatic N) is 5. The number of piperazine rings is 1. The number of aromatic hydroxyl groups is 1. The quantitative estimate of drug-likeness (QED) is 0.394. The molecule has 3 aliphatic heterocycles. The molecule has 2 fully saturated rings. The van der Waals surface area contributed by atoms with Crippen LogP contribution in [-0.2, 0) is 33.2 Å². The van der Waals surface area contributed by atoms with Crippen molar-refractivity contribution >= 4 is 0 Å². The Bertz CT molecular complexity index is 1630. The first kappa shape index (κ1) is 30.2. The summed E-state index contributed by atoms with van der Waals surface area (Å²) >= 11 is 0. The topological polar surface area (TPSA) is 102 Å². The van der Waals surface area contributed by atoms with E-state index in [1.54, 1.807) is 33.5 Å². The summed E-state index contributed by atoms with van der Waals surface area (Å²) in [6.07, 6.45) is 1.09. The minimum absolute atomic E-state index is 0.0812. The first-order valence-electron chi connectivity index (χ1n) is 15.3. The lowest BCUT2D eigenvalue weighted by Gasteiger charge is -2.43. The SMILES string of the molecule is COc1ccc(CN2CCN(Cc3c(O)c(=O)cc(CN4C[C@@H]5C[C@@H](C4)c4cccc(=O)n4C5)n3C)CC2)c(OC)c1OC. The van der Waals surface area contributed by atoms with E-state index in [1.807, 2.05) is 34.4 Å². The maximum absolute atomic E-state index is 12.9. The number of piperidine rings is 1. The molecule has 2 aromatic heterocycles. The molecule has 1 aromatic carbocycles. The average Bonchev–Trinajstić information content (AvgIpc) is 3.03. The number of benzene rings is 1. The van der Waals surface area contributed by atoms with Crippen LogP contribution in [0.15, 0.2) is 46.0 Å². The third-order valence-corrected chi connectivity index (χ3v) is 9.60. The van der Waals surface area contributed by atoms with E-state index in [0.717, 1.165) is 69.2 Å². The van der Waals surface area contributed by atoms with Gasteiger partial charge in [-0.15, -0.1) is 0 Å². The zero-order valence-corrected chi connectivity index (χ0v) is 26.1. The van der Waals surface area contributed by atoms with Crippen molar-refractivity contribution in [1.82, 2.24) is 23.8 Å². The van der Waals surface area contributed by atoms with Crippen molar-refractivity contribution in [2.24, 2.45) is 13.0 Å². The van der Waals surface area contributed by atoms with E-state index >= 15 is 0 Å². The van der Waals surface area contributed by atoms with Crippen molar-refractivity contribution < 1.29 is 19.3 Å². The lowest BCUT2D eigenvalue weighted by Crippen LogP contribution is -2.47. The monoisotopic (exact) mass is 605 g/mol. The zero-order chi connectivity index (χ0) is 31.0. The molecular formula is C33H43N5O6. The number of methoxy groups -OCH3 is 3. The van der Waals surface area contributed by atoms with Crippen LogP contribution >= 0.6 is 0 Å². The van der Waals surface area contributed by atoms with E-state index in [4.69, 9.17) is 14.2 Å². The van der Waals surface area contributed by atoms with Gasteiger partial charge < -0.3 is 28.5 Å². The van der Waals surface area contributed by atoms with Gasteiger partial charge in [0, 0.05) is 107 Å². The minimum Gasteiger partial charge on any atom is -0.503 e. The fourth-order valence-electron chi connectivity index (χ4n) is 7.32. The van der Waals surface area contributed by atoms with Crippen molar-refractivity contribution in [2.75, 3.05) is 60.6 Å². The zero-order valence-electron chi connectivity index (χ0n) is 26.1. The largest absolute Gasteiger partial charge is 0.503 e. The molecule has 11 heteroatoms. The predicted molar refractivity (Wildman–Crippen MR) is 167 cm³/mol. The standard InChI is InChI=1S/C33H43N5O6/c1-34-25(20-37-16-22-14-24(19-37)26-6-5-7-30(40)38(26)17-22)15-28(39)31(41)27(34)21-36-12-10-35(11-13-36)18-23-8-9-29(42-2)33(44-4)32(23)43-3/h5-9,15,22,24,41H,10-14,16-21H2,1-4H3/t22-,24-/m0/s1. The molecule has 2 bridgehead atoms. The summed E-state index contributed by atoms with van der Waals surface area (Å²) in [5.74, 6) is 2.45. The number of hydrogen-bond acceptors (Lipinski definition) is 9. The Kier molecular flexibility index (Phi) is 8.70. The Balaban J connectivity index is 1.11. The summed E-state index contributed by atoms with van der Waals surface area (Å²) in [5, 5.41) is 10.9. The molecule has 236 valence electrons. The van der Waals surface area contributed by atoms with Gasteiger partial charge in [0.2, 0.25) is 11.2 Å². The van der Waals surface area contributed by atoms with Gasteiger partial charge in [0.1, 0.15) is 0 Å². The van der Waals surface area contributed by atoms with Crippen molar-refractivity contribution in [3.05, 3.63) is 79.6 Å². The smallest absolute Gasteiger partial charge is 0.250 e. The Hall–Kier alpha value is -3.80. The molecule has 0 amide bonds. The van der Waals surface area contributed by atoms with Crippen molar-refractivity contribution in [3.8, 4) is 23.0 Å². The first-order chi connectivity index (χ1) is 21.3. The fourth-order valence-corrected chi connectivity index (χ4v) is 7.32. The summed E-state index contributed by atoms with van der Waals surface area (Å²) in [5.41, 5.74) is 3.44. The summed E-state index contributed by atoms with van der Waals surface area (Å²) in [4.78, 5) is 32.4. The molecule has 3 aromatic rings. The van der Waals surface area contributed by atoms with Crippen molar-refractivity contribution in [2.45, 2.75) is 38.5 Å². The van der Waals surface area contributed by atoms with Gasteiger partial charge >= 0.3 is 0 Å². The molecule has 1 N–H and O–H groups in total. The van der Waals surface area contributed by atoms with Crippen LogP contribution in [0.4, 0.5) is 0 Å². The maximum atomic E-state index is 12.9. The molecule has 0 saturated carbocycles. The summed E-state index contributed by atoms with van der Waals surface area (Å²) < 4.78 is 20.6. The highest BCUT2D eigenvalue weighted by Crippen LogP contribution is 2.40. The average molecular weight is 606 g/mol. The molecule has 11 nitrogen and oxygen atoms in total. The van der Waals surface area contributed by atoms with Gasteiger partial charge in [0.15, 0.2) is 17.2 Å². The van der Waals surface area contributed by atoms with Crippen LogP contribution in [-0.4, -0.2) is 89.5 Å². The minimum atomic E-state index is -0.332. The molecule has 6 rings (SSSR count). The number of ether oxygens (including phenoxy) is 3. The van der Waals surface area contributed by atoms with E-state index < -0.39 is 0 Å². The molecule has 0 spiro atoms. The predicted octanol–water partition coefficient (Wildman–Crippen LogP) is 2.22. The highest BCUT2D eigenvalue weighted by molar-refractivity contribution is 5.55. The van der Waals surface area contributed by atoms with E-state index in [0.29, 0.717) is 54.4 Å². The number of rotatable bonds is 9. The van der Waals surface area contributed by atoms with Gasteiger partial charge in [-0.25, -0.2) is 0 Å². The third kappa shape index (κ3) is 5.83. The summed E-state index contributed by atoms with van der Waals surface area (Å²) in [7, 11) is 6.81. The highest BCUT2D eigenvalue weighted by Gasteiger charge is 2.35. The van der Waals surface area contributed by atoms with Gasteiger partial charge in [-0.3, -0.25) is 24.3 Å². The van der Waals surface area contributed by atoms with Crippen LogP contribution in [0.25, 0.3) is 0 Å². The number of pyridine rings is 2. The number of likely N-dealkylation sites (tertiary alicyclic amines) is 1. The molecule has 0 unspecified atom stereocenters. The van der Waals surface area contributed by atoms with Gasteiger partial charge in [0.05, 0.1) is 27.0 Å². The molecule has 2 atom stereocenters. The Morgan fingerprint density at radius 1 is 0.818 bits per heavy atom. The molecule has 0 radical (unpaired) electrons. The second-order valence-corrected chi connectivity index (χ2v) is 12.3. The van der Waals surface area contributed by atoms with E-state index in [-0.39, 0.29) is 16.7 Å². The van der Waals surface area contributed by atoms with Crippen LogP contribution in [0.5, 0.6) is 23.0 Å². The Labute approximate surface area is 257 Å². The van der Waals surface area contributed by atoms with E-state index in [9.17, 15) is 14.7 Å². The lowest BCUT2D eigenvalue weighted by molar-refractivity contribution is 0.110. The second kappa shape index (κ2) is 12.7. The van der Waals surface area contributed by atoms with Crippen molar-refractivity contribution in [3.63, 3.8) is 0 Å². The van der Waals surface area contributed by atoms with Gasteiger partial charge in [-0.05, 0) is 24.5 Å². The number of aromatic nitrogens is 2. The molecule has 44 heavy (non-hydrogen) atoms. The highest BCUT2D eigenvalue weighted by atomic mass is 16.5.